The SMILES string of the molecule is CCOC(=O)C1=C(COCCNC(=O)CC[C@H](N)C(=O)OC)N=C(C)C(C(=O)OC)C1c1ccccc1Cl. The van der Waals surface area contributed by atoms with Crippen molar-refractivity contribution in [2.75, 3.05) is 40.6 Å². The van der Waals surface area contributed by atoms with Gasteiger partial charge in [-0.15, -0.1) is 0 Å². The van der Waals surface area contributed by atoms with Gasteiger partial charge in [-0.25, -0.2) is 4.79 Å². The predicted molar refractivity (Wildman–Crippen MR) is 140 cm³/mol. The summed E-state index contributed by atoms with van der Waals surface area (Å²) in [6.07, 6.45) is 0.195. The van der Waals surface area contributed by atoms with Crippen molar-refractivity contribution in [3.05, 3.63) is 46.1 Å². The third-order valence-corrected chi connectivity index (χ3v) is 6.25. The minimum absolute atomic E-state index is 0.0480. The maximum Gasteiger partial charge on any atom is 0.336 e. The Hall–Kier alpha value is -3.28. The van der Waals surface area contributed by atoms with Crippen LogP contribution in [0.15, 0.2) is 40.5 Å². The number of nitrogens with two attached hydrogens (primary N) is 1. The molecule has 3 N–H and O–H groups in total. The van der Waals surface area contributed by atoms with E-state index in [0.29, 0.717) is 22.0 Å². The number of esters is 3. The quantitative estimate of drug-likeness (QED) is 0.212. The van der Waals surface area contributed by atoms with Gasteiger partial charge in [-0.05, 0) is 31.9 Å². The molecule has 1 aromatic carbocycles. The summed E-state index contributed by atoms with van der Waals surface area (Å²) in [5.41, 5.74) is 7.07. The van der Waals surface area contributed by atoms with Crippen LogP contribution in [0.5, 0.6) is 0 Å². The average molecular weight is 552 g/mol. The minimum atomic E-state index is -0.890. The number of nitrogens with zero attached hydrogens (tertiary/aromatic N) is 1. The number of rotatable bonds is 13. The van der Waals surface area contributed by atoms with Crippen molar-refractivity contribution in [2.45, 2.75) is 38.6 Å². The van der Waals surface area contributed by atoms with Crippen molar-refractivity contribution in [3.63, 3.8) is 0 Å². The highest BCUT2D eigenvalue weighted by Gasteiger charge is 2.43. The molecule has 0 radical (unpaired) electrons. The van der Waals surface area contributed by atoms with Gasteiger partial charge in [0.25, 0.3) is 0 Å². The molecular formula is C26H34ClN3O8. The maximum absolute atomic E-state index is 13.1. The first-order valence-corrected chi connectivity index (χ1v) is 12.5. The molecule has 0 bridgehead atoms. The van der Waals surface area contributed by atoms with E-state index in [2.05, 4.69) is 15.0 Å². The Kier molecular flexibility index (Phi) is 12.4. The second kappa shape index (κ2) is 15.2. The molecule has 0 aromatic heterocycles. The summed E-state index contributed by atoms with van der Waals surface area (Å²) < 4.78 is 20.6. The monoisotopic (exact) mass is 551 g/mol. The average Bonchev–Trinajstić information content (AvgIpc) is 2.90. The Morgan fingerprint density at radius 1 is 1.16 bits per heavy atom. The summed E-state index contributed by atoms with van der Waals surface area (Å²) in [6, 6.07) is 6.05. The fourth-order valence-corrected chi connectivity index (χ4v) is 4.32. The molecule has 1 aliphatic heterocycles. The van der Waals surface area contributed by atoms with Crippen LogP contribution in [0.3, 0.4) is 0 Å². The van der Waals surface area contributed by atoms with Gasteiger partial charge in [0, 0.05) is 29.6 Å². The van der Waals surface area contributed by atoms with E-state index in [1.165, 1.54) is 14.2 Å². The number of carbonyl (C=O) groups excluding carboxylic acids is 4. The number of carbonyl (C=O) groups is 4. The lowest BCUT2D eigenvalue weighted by Crippen LogP contribution is -2.37. The third kappa shape index (κ3) is 8.11. The van der Waals surface area contributed by atoms with Crippen LogP contribution in [0, 0.1) is 5.92 Å². The minimum Gasteiger partial charge on any atom is -0.468 e. The van der Waals surface area contributed by atoms with Crippen LogP contribution in [0.1, 0.15) is 38.2 Å². The Morgan fingerprint density at radius 3 is 2.50 bits per heavy atom. The van der Waals surface area contributed by atoms with Crippen LogP contribution in [-0.2, 0) is 38.1 Å². The molecular weight excluding hydrogens is 518 g/mol. The number of ether oxygens (including phenoxy) is 4. The smallest absolute Gasteiger partial charge is 0.336 e. The van der Waals surface area contributed by atoms with Crippen molar-refractivity contribution < 1.29 is 38.1 Å². The van der Waals surface area contributed by atoms with Gasteiger partial charge in [0.1, 0.15) is 12.0 Å². The van der Waals surface area contributed by atoms with Crippen LogP contribution in [0.2, 0.25) is 5.02 Å². The fraction of sp³-hybridized carbons (Fsp3) is 0.500. The standard InChI is InChI=1S/C26H34ClN3O8/c1-5-38-26(34)23-19(14-37-13-12-29-20(31)11-10-18(28)24(32)35-3)30-15(2)21(25(33)36-4)22(23)16-8-6-7-9-17(16)27/h6-9,18,21-22H,5,10-14,28H2,1-4H3,(H,29,31)/t18-,21?,22?/m0/s1. The maximum atomic E-state index is 13.1. The Morgan fingerprint density at radius 2 is 1.87 bits per heavy atom. The van der Waals surface area contributed by atoms with Crippen molar-refractivity contribution in [3.8, 4) is 0 Å². The van der Waals surface area contributed by atoms with Gasteiger partial charge in [0.2, 0.25) is 5.91 Å². The number of methoxy groups -OCH3 is 2. The molecule has 3 atom stereocenters. The van der Waals surface area contributed by atoms with Gasteiger partial charge < -0.3 is 30.0 Å². The molecule has 1 aromatic rings. The van der Waals surface area contributed by atoms with Crippen LogP contribution in [0.4, 0.5) is 0 Å². The van der Waals surface area contributed by atoms with E-state index in [4.69, 9.17) is 31.5 Å². The second-order valence-corrected chi connectivity index (χ2v) is 8.81. The van der Waals surface area contributed by atoms with Crippen molar-refractivity contribution in [1.82, 2.24) is 5.32 Å². The lowest BCUT2D eigenvalue weighted by atomic mass is 9.75. The number of nitrogens with one attached hydrogen (secondary N) is 1. The molecule has 38 heavy (non-hydrogen) atoms. The molecule has 12 heteroatoms. The fourth-order valence-electron chi connectivity index (χ4n) is 4.07. The van der Waals surface area contributed by atoms with Crippen LogP contribution >= 0.6 is 11.6 Å². The number of hydrogen-bond donors (Lipinski definition) is 2. The zero-order valence-corrected chi connectivity index (χ0v) is 22.7. The Balaban J connectivity index is 2.19. The number of aliphatic imine (C=N–C) groups is 1. The summed E-state index contributed by atoms with van der Waals surface area (Å²) >= 11 is 6.49. The van der Waals surface area contributed by atoms with Crippen molar-refractivity contribution >= 4 is 41.1 Å². The summed E-state index contributed by atoms with van der Waals surface area (Å²) in [5.74, 6) is -3.78. The van der Waals surface area contributed by atoms with E-state index in [9.17, 15) is 19.2 Å². The molecule has 11 nitrogen and oxygen atoms in total. The Labute approximate surface area is 226 Å². The predicted octanol–water partition coefficient (Wildman–Crippen LogP) is 1.92. The Bertz CT molecular complexity index is 1090. The second-order valence-electron chi connectivity index (χ2n) is 8.40. The zero-order valence-electron chi connectivity index (χ0n) is 22.0. The van der Waals surface area contributed by atoms with Gasteiger partial charge in [-0.2, -0.15) is 0 Å². The first-order valence-electron chi connectivity index (χ1n) is 12.1. The largest absolute Gasteiger partial charge is 0.468 e. The molecule has 1 heterocycles. The molecule has 1 amide bonds. The van der Waals surface area contributed by atoms with Crippen LogP contribution < -0.4 is 11.1 Å². The van der Waals surface area contributed by atoms with E-state index < -0.39 is 35.8 Å². The molecule has 0 fully saturated rings. The van der Waals surface area contributed by atoms with E-state index in [-0.39, 0.29) is 50.7 Å². The van der Waals surface area contributed by atoms with Crippen molar-refractivity contribution in [1.29, 1.82) is 0 Å². The summed E-state index contributed by atoms with van der Waals surface area (Å²) in [5, 5.41) is 3.05. The van der Waals surface area contributed by atoms with E-state index in [1.807, 2.05) is 0 Å². The number of amides is 1. The molecule has 208 valence electrons. The topological polar surface area (TPSA) is 156 Å². The van der Waals surface area contributed by atoms with E-state index in [0.717, 1.165) is 0 Å². The van der Waals surface area contributed by atoms with E-state index in [1.54, 1.807) is 38.1 Å². The highest BCUT2D eigenvalue weighted by Crippen LogP contribution is 2.42. The molecule has 2 unspecified atom stereocenters. The number of benzene rings is 1. The van der Waals surface area contributed by atoms with Crippen LogP contribution in [0.25, 0.3) is 0 Å². The van der Waals surface area contributed by atoms with Gasteiger partial charge >= 0.3 is 17.9 Å². The summed E-state index contributed by atoms with van der Waals surface area (Å²) in [4.78, 5) is 53.8. The van der Waals surface area contributed by atoms with E-state index >= 15 is 0 Å². The van der Waals surface area contributed by atoms with Crippen LogP contribution in [-0.4, -0.2) is 76.2 Å². The molecule has 2 rings (SSSR count). The summed E-state index contributed by atoms with van der Waals surface area (Å²) in [7, 11) is 2.50. The molecule has 0 aliphatic carbocycles. The normalized spacial score (nSPS) is 17.8. The summed E-state index contributed by atoms with van der Waals surface area (Å²) in [6.45, 7) is 3.67. The highest BCUT2D eigenvalue weighted by molar-refractivity contribution is 6.31. The molecule has 1 aliphatic rings. The van der Waals surface area contributed by atoms with Gasteiger partial charge in [-0.1, -0.05) is 29.8 Å². The first-order chi connectivity index (χ1) is 18.2. The zero-order chi connectivity index (χ0) is 28.2. The van der Waals surface area contributed by atoms with Gasteiger partial charge in [0.05, 0.1) is 45.3 Å². The lowest BCUT2D eigenvalue weighted by Gasteiger charge is -2.32. The van der Waals surface area contributed by atoms with Gasteiger partial charge in [-0.3, -0.25) is 19.4 Å². The highest BCUT2D eigenvalue weighted by atomic mass is 35.5. The number of halogens is 1. The van der Waals surface area contributed by atoms with Crippen molar-refractivity contribution in [2.24, 2.45) is 16.6 Å². The molecule has 0 spiro atoms. The first kappa shape index (κ1) is 30.9. The van der Waals surface area contributed by atoms with Gasteiger partial charge in [0.15, 0.2) is 0 Å². The molecule has 0 saturated heterocycles. The lowest BCUT2D eigenvalue weighted by molar-refractivity contribution is -0.144. The number of hydrogen-bond acceptors (Lipinski definition) is 10. The molecule has 0 saturated carbocycles. The third-order valence-electron chi connectivity index (χ3n) is 5.90.